The van der Waals surface area contributed by atoms with Crippen molar-refractivity contribution in [1.82, 2.24) is 10.6 Å². The van der Waals surface area contributed by atoms with Crippen LogP contribution in [0.4, 0.5) is 0 Å². The lowest BCUT2D eigenvalue weighted by atomic mass is 10.0. The Bertz CT molecular complexity index is 452. The van der Waals surface area contributed by atoms with Gasteiger partial charge in [0, 0.05) is 26.1 Å². The van der Waals surface area contributed by atoms with Crippen LogP contribution >= 0.6 is 0 Å². The first kappa shape index (κ1) is 14.6. The Hall–Kier alpha value is -1.82. The average molecular weight is 280 g/mol. The number of hydrogen-bond donors (Lipinski definition) is 3. The zero-order chi connectivity index (χ0) is 14.4. The zero-order valence-corrected chi connectivity index (χ0v) is 11.4. The van der Waals surface area contributed by atoms with Crippen LogP contribution in [0.1, 0.15) is 36.2 Å². The Morgan fingerprint density at radius 3 is 2.75 bits per heavy atom. The number of carbonyl (C=O) groups is 2. The molecule has 6 nitrogen and oxygen atoms in total. The predicted molar refractivity (Wildman–Crippen MR) is 72.0 cm³/mol. The van der Waals surface area contributed by atoms with E-state index >= 15 is 0 Å². The fraction of sp³-hybridized carbons (Fsp3) is 0.571. The summed E-state index contributed by atoms with van der Waals surface area (Å²) in [4.78, 5) is 23.2. The molecule has 0 radical (unpaired) electrons. The van der Waals surface area contributed by atoms with E-state index in [4.69, 9.17) is 9.52 Å². The molecule has 6 heteroatoms. The van der Waals surface area contributed by atoms with Gasteiger partial charge in [-0.05, 0) is 36.8 Å². The first-order chi connectivity index (χ1) is 9.65. The number of furan rings is 1. The molecule has 1 aromatic rings. The van der Waals surface area contributed by atoms with Crippen molar-refractivity contribution in [1.29, 1.82) is 0 Å². The predicted octanol–water partition coefficient (Wildman–Crippen LogP) is 0.678. The fourth-order valence-corrected chi connectivity index (χ4v) is 2.09. The van der Waals surface area contributed by atoms with Gasteiger partial charge in [-0.15, -0.1) is 0 Å². The van der Waals surface area contributed by atoms with Gasteiger partial charge in [0.2, 0.25) is 5.91 Å². The van der Waals surface area contributed by atoms with Crippen molar-refractivity contribution in [2.45, 2.75) is 25.7 Å². The van der Waals surface area contributed by atoms with Crippen molar-refractivity contribution >= 4 is 11.8 Å². The van der Waals surface area contributed by atoms with E-state index in [-0.39, 0.29) is 42.6 Å². The van der Waals surface area contributed by atoms with Gasteiger partial charge in [0.1, 0.15) is 0 Å². The largest absolute Gasteiger partial charge is 0.459 e. The number of amides is 2. The van der Waals surface area contributed by atoms with Crippen LogP contribution in [0.5, 0.6) is 0 Å². The van der Waals surface area contributed by atoms with E-state index in [1.807, 2.05) is 0 Å². The summed E-state index contributed by atoms with van der Waals surface area (Å²) in [5.74, 6) is -0.166. The normalized spacial score (nSPS) is 15.7. The maximum Gasteiger partial charge on any atom is 0.286 e. The third kappa shape index (κ3) is 4.09. The van der Waals surface area contributed by atoms with E-state index in [9.17, 15) is 9.59 Å². The van der Waals surface area contributed by atoms with Gasteiger partial charge < -0.3 is 20.2 Å². The van der Waals surface area contributed by atoms with Crippen LogP contribution in [-0.2, 0) is 4.79 Å². The summed E-state index contributed by atoms with van der Waals surface area (Å²) in [6, 6.07) is 3.21. The highest BCUT2D eigenvalue weighted by molar-refractivity contribution is 5.91. The quantitative estimate of drug-likeness (QED) is 0.653. The number of aliphatic hydroxyl groups excluding tert-OH is 1. The van der Waals surface area contributed by atoms with Gasteiger partial charge in [0.15, 0.2) is 5.76 Å². The van der Waals surface area contributed by atoms with Crippen LogP contribution < -0.4 is 10.6 Å². The van der Waals surface area contributed by atoms with Crippen LogP contribution in [0, 0.1) is 5.41 Å². The third-order valence-corrected chi connectivity index (χ3v) is 3.64. The number of hydrogen-bond acceptors (Lipinski definition) is 4. The van der Waals surface area contributed by atoms with Crippen LogP contribution in [0.3, 0.4) is 0 Å². The minimum atomic E-state index is -0.318. The SMILES string of the molecule is O=C(CCNC(=O)c1ccco1)NCC1(CCO)CC1. The Morgan fingerprint density at radius 1 is 1.35 bits per heavy atom. The van der Waals surface area contributed by atoms with E-state index in [0.29, 0.717) is 6.54 Å². The smallest absolute Gasteiger partial charge is 0.286 e. The van der Waals surface area contributed by atoms with E-state index in [2.05, 4.69) is 10.6 Å². The number of rotatable bonds is 8. The van der Waals surface area contributed by atoms with Gasteiger partial charge >= 0.3 is 0 Å². The first-order valence-electron chi connectivity index (χ1n) is 6.84. The molecule has 1 aromatic heterocycles. The molecule has 1 aliphatic rings. The molecule has 3 N–H and O–H groups in total. The Kier molecular flexibility index (Phi) is 4.79. The van der Waals surface area contributed by atoms with Crippen LogP contribution in [0.15, 0.2) is 22.8 Å². The van der Waals surface area contributed by atoms with Crippen molar-refractivity contribution in [2.75, 3.05) is 19.7 Å². The Morgan fingerprint density at radius 2 is 2.15 bits per heavy atom. The van der Waals surface area contributed by atoms with Crippen LogP contribution in [-0.4, -0.2) is 36.6 Å². The van der Waals surface area contributed by atoms with E-state index in [0.717, 1.165) is 19.3 Å². The molecule has 0 unspecified atom stereocenters. The van der Waals surface area contributed by atoms with Gasteiger partial charge in [-0.3, -0.25) is 9.59 Å². The van der Waals surface area contributed by atoms with Gasteiger partial charge in [-0.1, -0.05) is 0 Å². The highest BCUT2D eigenvalue weighted by Gasteiger charge is 2.41. The second-order valence-corrected chi connectivity index (χ2v) is 5.23. The molecule has 1 heterocycles. The van der Waals surface area contributed by atoms with Gasteiger partial charge in [-0.25, -0.2) is 0 Å². The third-order valence-electron chi connectivity index (χ3n) is 3.64. The van der Waals surface area contributed by atoms with Crippen molar-refractivity contribution < 1.29 is 19.1 Å². The summed E-state index contributed by atoms with van der Waals surface area (Å²) >= 11 is 0. The highest BCUT2D eigenvalue weighted by Crippen LogP contribution is 2.47. The average Bonchev–Trinajstić information content (AvgIpc) is 2.99. The molecule has 0 atom stereocenters. The lowest BCUT2D eigenvalue weighted by Gasteiger charge is -2.14. The minimum Gasteiger partial charge on any atom is -0.459 e. The fourth-order valence-electron chi connectivity index (χ4n) is 2.09. The molecule has 2 rings (SSSR count). The zero-order valence-electron chi connectivity index (χ0n) is 11.4. The maximum absolute atomic E-state index is 11.6. The van der Waals surface area contributed by atoms with Crippen molar-refractivity contribution in [3.8, 4) is 0 Å². The van der Waals surface area contributed by atoms with Crippen molar-refractivity contribution in [3.63, 3.8) is 0 Å². The lowest BCUT2D eigenvalue weighted by molar-refractivity contribution is -0.121. The van der Waals surface area contributed by atoms with Crippen LogP contribution in [0.2, 0.25) is 0 Å². The first-order valence-corrected chi connectivity index (χ1v) is 6.84. The molecule has 1 saturated carbocycles. The summed E-state index contributed by atoms with van der Waals surface area (Å²) in [6.07, 6.45) is 4.52. The second-order valence-electron chi connectivity index (χ2n) is 5.23. The molecular formula is C14H20N2O4. The summed E-state index contributed by atoms with van der Waals surface area (Å²) in [5, 5.41) is 14.4. The minimum absolute atomic E-state index is 0.0889. The van der Waals surface area contributed by atoms with Gasteiger partial charge in [0.25, 0.3) is 5.91 Å². The summed E-state index contributed by atoms with van der Waals surface area (Å²) in [6.45, 7) is 1.05. The highest BCUT2D eigenvalue weighted by atomic mass is 16.3. The van der Waals surface area contributed by atoms with E-state index < -0.39 is 0 Å². The van der Waals surface area contributed by atoms with Crippen LogP contribution in [0.25, 0.3) is 0 Å². The van der Waals surface area contributed by atoms with Crippen molar-refractivity contribution in [3.05, 3.63) is 24.2 Å². The molecule has 0 aliphatic heterocycles. The summed E-state index contributed by atoms with van der Waals surface area (Å²) < 4.78 is 4.94. The Labute approximate surface area is 117 Å². The lowest BCUT2D eigenvalue weighted by Crippen LogP contribution is -2.34. The van der Waals surface area contributed by atoms with E-state index in [1.165, 1.54) is 6.26 Å². The molecule has 20 heavy (non-hydrogen) atoms. The number of nitrogens with one attached hydrogen (secondary N) is 2. The van der Waals surface area contributed by atoms with Gasteiger partial charge in [0.05, 0.1) is 6.26 Å². The second kappa shape index (κ2) is 6.56. The molecule has 2 amide bonds. The molecule has 110 valence electrons. The standard InChI is InChI=1S/C14H20N2O4/c17-8-6-14(4-5-14)10-16-12(18)3-7-15-13(19)11-2-1-9-20-11/h1-2,9,17H,3-8,10H2,(H,15,19)(H,16,18). The number of aliphatic hydroxyl groups is 1. The Balaban J connectivity index is 1.60. The molecule has 0 saturated heterocycles. The monoisotopic (exact) mass is 280 g/mol. The summed E-state index contributed by atoms with van der Waals surface area (Å²) in [5.41, 5.74) is 0.113. The summed E-state index contributed by atoms with van der Waals surface area (Å²) in [7, 11) is 0. The van der Waals surface area contributed by atoms with Crippen molar-refractivity contribution in [2.24, 2.45) is 5.41 Å². The molecule has 0 bridgehead atoms. The molecule has 0 spiro atoms. The maximum atomic E-state index is 11.6. The van der Waals surface area contributed by atoms with E-state index in [1.54, 1.807) is 12.1 Å². The topological polar surface area (TPSA) is 91.6 Å². The number of carbonyl (C=O) groups excluding carboxylic acids is 2. The molecule has 1 aliphatic carbocycles. The molecule has 1 fully saturated rings. The molecule has 0 aromatic carbocycles. The van der Waals surface area contributed by atoms with Gasteiger partial charge in [-0.2, -0.15) is 0 Å². The molecular weight excluding hydrogens is 260 g/mol.